The number of hydrogen-bond acceptors (Lipinski definition) is 5. The van der Waals surface area contributed by atoms with Crippen LogP contribution in [0.4, 0.5) is 0 Å². The molecule has 0 bridgehead atoms. The lowest BCUT2D eigenvalue weighted by molar-refractivity contribution is 0.100. The smallest absolute Gasteiger partial charge is 0.254 e. The van der Waals surface area contributed by atoms with Crippen LogP contribution in [0.15, 0.2) is 48.9 Å². The van der Waals surface area contributed by atoms with Crippen molar-refractivity contribution < 1.29 is 4.79 Å². The Morgan fingerprint density at radius 2 is 2.00 bits per heavy atom. The molecule has 0 aromatic carbocycles. The Morgan fingerprint density at radius 3 is 2.79 bits per heavy atom. The molecule has 0 saturated heterocycles. The molecule has 0 unspecified atom stereocenters. The number of rotatable bonds is 3. The van der Waals surface area contributed by atoms with E-state index in [9.17, 15) is 4.79 Å². The van der Waals surface area contributed by atoms with Crippen LogP contribution in [0.25, 0.3) is 22.9 Å². The summed E-state index contributed by atoms with van der Waals surface area (Å²) in [6.07, 6.45) is 4.82. The zero-order valence-corrected chi connectivity index (χ0v) is 12.8. The van der Waals surface area contributed by atoms with Gasteiger partial charge in [-0.3, -0.25) is 4.79 Å². The van der Waals surface area contributed by atoms with Crippen molar-refractivity contribution in [2.24, 2.45) is 5.73 Å². The van der Waals surface area contributed by atoms with Gasteiger partial charge >= 0.3 is 0 Å². The summed E-state index contributed by atoms with van der Waals surface area (Å²) in [7, 11) is 0. The highest BCUT2D eigenvalue weighted by Gasteiger charge is 2.15. The number of nitrogens with zero attached hydrogens (tertiary/aromatic N) is 6. The van der Waals surface area contributed by atoms with E-state index < -0.39 is 5.91 Å². The highest BCUT2D eigenvalue weighted by Crippen LogP contribution is 2.21. The standard InChI is InChI=1S/C16H13N7O/c1-10-3-2-4-14(20-10)23-13(5-7-18-23)12-6-8-22-16(21-12)11(9-19-22)15(17)24/h2-9H,1H3,(H2,17,24). The molecule has 8 heteroatoms. The van der Waals surface area contributed by atoms with Crippen molar-refractivity contribution in [3.05, 3.63) is 60.2 Å². The lowest BCUT2D eigenvalue weighted by Gasteiger charge is -2.07. The van der Waals surface area contributed by atoms with Crippen LogP contribution in [0.1, 0.15) is 16.1 Å². The molecule has 0 spiro atoms. The fourth-order valence-electron chi connectivity index (χ4n) is 2.51. The molecule has 0 aliphatic rings. The van der Waals surface area contributed by atoms with E-state index >= 15 is 0 Å². The van der Waals surface area contributed by atoms with Gasteiger partial charge in [0.2, 0.25) is 0 Å². The summed E-state index contributed by atoms with van der Waals surface area (Å²) >= 11 is 0. The second-order valence-electron chi connectivity index (χ2n) is 5.27. The van der Waals surface area contributed by atoms with Gasteiger partial charge in [-0.25, -0.2) is 19.2 Å². The molecule has 0 saturated carbocycles. The van der Waals surface area contributed by atoms with Crippen molar-refractivity contribution in [1.29, 1.82) is 0 Å². The maximum absolute atomic E-state index is 11.5. The van der Waals surface area contributed by atoms with Crippen LogP contribution in [0, 0.1) is 6.92 Å². The largest absolute Gasteiger partial charge is 0.365 e. The number of amides is 1. The van der Waals surface area contributed by atoms with Crippen LogP contribution < -0.4 is 5.73 Å². The van der Waals surface area contributed by atoms with E-state index in [1.165, 1.54) is 10.7 Å². The maximum atomic E-state index is 11.5. The Labute approximate surface area is 136 Å². The second kappa shape index (κ2) is 5.27. The van der Waals surface area contributed by atoms with Crippen LogP contribution in [0.3, 0.4) is 0 Å². The first kappa shape index (κ1) is 14.1. The lowest BCUT2D eigenvalue weighted by Crippen LogP contribution is -2.11. The van der Waals surface area contributed by atoms with E-state index in [0.29, 0.717) is 17.2 Å². The van der Waals surface area contributed by atoms with Crippen molar-refractivity contribution in [2.75, 3.05) is 0 Å². The fourth-order valence-corrected chi connectivity index (χ4v) is 2.51. The zero-order valence-electron chi connectivity index (χ0n) is 12.8. The summed E-state index contributed by atoms with van der Waals surface area (Å²) in [5, 5.41) is 8.40. The van der Waals surface area contributed by atoms with Crippen LogP contribution in [0.2, 0.25) is 0 Å². The van der Waals surface area contributed by atoms with Gasteiger partial charge in [0.1, 0.15) is 5.56 Å². The Morgan fingerprint density at radius 1 is 1.12 bits per heavy atom. The van der Waals surface area contributed by atoms with Gasteiger partial charge in [-0.05, 0) is 31.2 Å². The molecule has 0 atom stereocenters. The lowest BCUT2D eigenvalue weighted by atomic mass is 10.2. The van der Waals surface area contributed by atoms with Crippen LogP contribution in [-0.4, -0.2) is 35.3 Å². The van der Waals surface area contributed by atoms with Crippen LogP contribution >= 0.6 is 0 Å². The minimum absolute atomic E-state index is 0.275. The predicted octanol–water partition coefficient (Wildman–Crippen LogP) is 1.38. The molecule has 4 aromatic heterocycles. The molecule has 0 fully saturated rings. The van der Waals surface area contributed by atoms with Crippen molar-refractivity contribution in [2.45, 2.75) is 6.92 Å². The Balaban J connectivity index is 1.88. The number of primary amides is 1. The van der Waals surface area contributed by atoms with Crippen molar-refractivity contribution in [3.8, 4) is 17.2 Å². The molecular weight excluding hydrogens is 306 g/mol. The van der Waals surface area contributed by atoms with E-state index in [0.717, 1.165) is 11.4 Å². The first-order valence-corrected chi connectivity index (χ1v) is 7.26. The quantitative estimate of drug-likeness (QED) is 0.614. The van der Waals surface area contributed by atoms with Gasteiger partial charge in [0.25, 0.3) is 5.91 Å². The summed E-state index contributed by atoms with van der Waals surface area (Å²) in [4.78, 5) is 20.5. The van der Waals surface area contributed by atoms with Crippen molar-refractivity contribution in [3.63, 3.8) is 0 Å². The topological polar surface area (TPSA) is 104 Å². The molecule has 4 rings (SSSR count). The molecular formula is C16H13N7O. The molecule has 118 valence electrons. The summed E-state index contributed by atoms with van der Waals surface area (Å²) in [6.45, 7) is 1.92. The summed E-state index contributed by atoms with van der Waals surface area (Å²) in [5.74, 6) is 0.129. The average Bonchev–Trinajstić information content (AvgIpc) is 3.21. The van der Waals surface area contributed by atoms with Crippen LogP contribution in [0.5, 0.6) is 0 Å². The summed E-state index contributed by atoms with van der Waals surface area (Å²) < 4.78 is 3.21. The number of carbonyl (C=O) groups is 1. The Bertz CT molecular complexity index is 1060. The van der Waals surface area contributed by atoms with Gasteiger partial charge < -0.3 is 5.73 Å². The number of fused-ring (bicyclic) bond motifs is 1. The first-order valence-electron chi connectivity index (χ1n) is 7.26. The highest BCUT2D eigenvalue weighted by molar-refractivity contribution is 5.98. The van der Waals surface area contributed by atoms with Gasteiger partial charge in [0.15, 0.2) is 11.5 Å². The van der Waals surface area contributed by atoms with E-state index in [2.05, 4.69) is 20.2 Å². The molecule has 0 aliphatic carbocycles. The number of nitrogens with two attached hydrogens (primary N) is 1. The third-order valence-corrected chi connectivity index (χ3v) is 3.63. The molecule has 0 aliphatic heterocycles. The minimum Gasteiger partial charge on any atom is -0.365 e. The molecule has 1 amide bonds. The van der Waals surface area contributed by atoms with Gasteiger partial charge in [-0.15, -0.1) is 0 Å². The molecule has 8 nitrogen and oxygen atoms in total. The van der Waals surface area contributed by atoms with Gasteiger partial charge in [-0.1, -0.05) is 6.07 Å². The maximum Gasteiger partial charge on any atom is 0.254 e. The fraction of sp³-hybridized carbons (Fsp3) is 0.0625. The normalized spacial score (nSPS) is 11.0. The van der Waals surface area contributed by atoms with Gasteiger partial charge in [-0.2, -0.15) is 10.2 Å². The molecule has 0 radical (unpaired) electrons. The second-order valence-corrected chi connectivity index (χ2v) is 5.27. The number of aromatic nitrogens is 6. The predicted molar refractivity (Wildman–Crippen MR) is 86.6 cm³/mol. The summed E-state index contributed by atoms with van der Waals surface area (Å²) in [6, 6.07) is 9.34. The number of hydrogen-bond donors (Lipinski definition) is 1. The van der Waals surface area contributed by atoms with Gasteiger partial charge in [0.05, 0.1) is 23.8 Å². The molecule has 24 heavy (non-hydrogen) atoms. The van der Waals surface area contributed by atoms with E-state index in [1.807, 2.05) is 31.2 Å². The van der Waals surface area contributed by atoms with Gasteiger partial charge in [0, 0.05) is 11.9 Å². The number of carbonyl (C=O) groups excluding carboxylic acids is 1. The monoisotopic (exact) mass is 319 g/mol. The van der Waals surface area contributed by atoms with Crippen molar-refractivity contribution in [1.82, 2.24) is 29.4 Å². The Hall–Kier alpha value is -3.55. The molecule has 4 heterocycles. The first-order chi connectivity index (χ1) is 11.6. The van der Waals surface area contributed by atoms with E-state index in [1.54, 1.807) is 23.1 Å². The van der Waals surface area contributed by atoms with E-state index in [4.69, 9.17) is 5.73 Å². The molecule has 4 aromatic rings. The van der Waals surface area contributed by atoms with Crippen LogP contribution in [-0.2, 0) is 0 Å². The Kier molecular flexibility index (Phi) is 3.09. The third-order valence-electron chi connectivity index (χ3n) is 3.63. The SMILES string of the molecule is Cc1cccc(-n2nccc2-c2ccn3ncc(C(N)=O)c3n2)n1. The third kappa shape index (κ3) is 2.21. The average molecular weight is 319 g/mol. The minimum atomic E-state index is -0.566. The zero-order chi connectivity index (χ0) is 16.7. The van der Waals surface area contributed by atoms with Crippen molar-refractivity contribution >= 4 is 11.6 Å². The van der Waals surface area contributed by atoms with E-state index in [-0.39, 0.29) is 5.56 Å². The number of pyridine rings is 1. The number of aryl methyl sites for hydroxylation is 1. The highest BCUT2D eigenvalue weighted by atomic mass is 16.1. The summed E-state index contributed by atoms with van der Waals surface area (Å²) in [5.41, 5.74) is 8.35. The molecule has 2 N–H and O–H groups in total.